The van der Waals surface area contributed by atoms with Gasteiger partial charge in [-0.2, -0.15) is 0 Å². The van der Waals surface area contributed by atoms with Crippen LogP contribution in [0.1, 0.15) is 68.2 Å². The predicted octanol–water partition coefficient (Wildman–Crippen LogP) is 4.22. The highest BCUT2D eigenvalue weighted by Gasteiger charge is 2.31. The zero-order chi connectivity index (χ0) is 18.1. The Kier molecular flexibility index (Phi) is 5.43. The first-order valence-electron chi connectivity index (χ1n) is 10.0. The van der Waals surface area contributed by atoms with Crippen LogP contribution in [0.5, 0.6) is 0 Å². The van der Waals surface area contributed by atoms with E-state index in [4.69, 9.17) is 10.5 Å². The van der Waals surface area contributed by atoms with Crippen molar-refractivity contribution in [3.8, 4) is 0 Å². The van der Waals surface area contributed by atoms with E-state index < -0.39 is 0 Å². The zero-order valence-corrected chi connectivity index (χ0v) is 16.6. The molecule has 0 aliphatic heterocycles. The molecule has 0 spiro atoms. The van der Waals surface area contributed by atoms with Crippen molar-refractivity contribution in [3.63, 3.8) is 0 Å². The van der Waals surface area contributed by atoms with Crippen LogP contribution < -0.4 is 11.1 Å². The van der Waals surface area contributed by atoms with E-state index in [2.05, 4.69) is 22.2 Å². The summed E-state index contributed by atoms with van der Waals surface area (Å²) in [6.45, 7) is 2.21. The molecule has 2 aliphatic carbocycles. The van der Waals surface area contributed by atoms with Crippen LogP contribution >= 0.6 is 11.3 Å². The van der Waals surface area contributed by atoms with E-state index in [1.54, 1.807) is 6.33 Å². The summed E-state index contributed by atoms with van der Waals surface area (Å²) < 4.78 is 5.67. The number of methoxy groups -OCH3 is 1. The quantitative estimate of drug-likeness (QED) is 0.792. The van der Waals surface area contributed by atoms with Crippen LogP contribution in [0, 0.1) is 0 Å². The number of hydrogen-bond donors (Lipinski definition) is 2. The van der Waals surface area contributed by atoms with Crippen LogP contribution in [0.3, 0.4) is 0 Å². The summed E-state index contributed by atoms with van der Waals surface area (Å²) in [7, 11) is 1.83. The van der Waals surface area contributed by atoms with Crippen molar-refractivity contribution in [1.29, 1.82) is 0 Å². The second-order valence-electron chi connectivity index (χ2n) is 7.83. The number of rotatable bonds is 6. The van der Waals surface area contributed by atoms with Crippen molar-refractivity contribution in [3.05, 3.63) is 16.8 Å². The lowest BCUT2D eigenvalue weighted by molar-refractivity contribution is 0.0858. The number of aryl methyl sites for hydroxylation is 1. The Hall–Kier alpha value is -1.24. The summed E-state index contributed by atoms with van der Waals surface area (Å²) >= 11 is 1.86. The van der Waals surface area contributed by atoms with Crippen LogP contribution in [-0.2, 0) is 11.2 Å². The largest absolute Gasteiger partial charge is 0.381 e. The molecule has 142 valence electrons. The van der Waals surface area contributed by atoms with Crippen molar-refractivity contribution in [2.24, 2.45) is 5.73 Å². The molecule has 2 aromatic heterocycles. The van der Waals surface area contributed by atoms with Crippen LogP contribution in [0.25, 0.3) is 10.2 Å². The molecule has 2 aromatic rings. The van der Waals surface area contributed by atoms with Gasteiger partial charge >= 0.3 is 0 Å². The molecule has 0 bridgehead atoms. The fourth-order valence-corrected chi connectivity index (χ4v) is 5.86. The van der Waals surface area contributed by atoms with Crippen LogP contribution in [0.4, 0.5) is 5.82 Å². The fourth-order valence-electron chi connectivity index (χ4n) is 4.62. The van der Waals surface area contributed by atoms with Gasteiger partial charge in [-0.3, -0.25) is 0 Å². The van der Waals surface area contributed by atoms with Gasteiger partial charge in [0.25, 0.3) is 0 Å². The molecule has 1 unspecified atom stereocenters. The van der Waals surface area contributed by atoms with Crippen molar-refractivity contribution < 1.29 is 4.74 Å². The van der Waals surface area contributed by atoms with Crippen LogP contribution in [-0.4, -0.2) is 35.3 Å². The second kappa shape index (κ2) is 7.79. The summed E-state index contributed by atoms with van der Waals surface area (Å²) in [5.41, 5.74) is 7.56. The summed E-state index contributed by atoms with van der Waals surface area (Å²) in [6, 6.07) is 0.846. The minimum Gasteiger partial charge on any atom is -0.381 e. The lowest BCUT2D eigenvalue weighted by Gasteiger charge is -2.27. The van der Waals surface area contributed by atoms with Crippen molar-refractivity contribution in [2.75, 3.05) is 12.4 Å². The van der Waals surface area contributed by atoms with Gasteiger partial charge in [-0.1, -0.05) is 6.92 Å². The Morgan fingerprint density at radius 1 is 1.27 bits per heavy atom. The van der Waals surface area contributed by atoms with Gasteiger partial charge in [-0.25, -0.2) is 9.97 Å². The van der Waals surface area contributed by atoms with E-state index in [9.17, 15) is 0 Å². The molecule has 2 heterocycles. The van der Waals surface area contributed by atoms with E-state index in [-0.39, 0.29) is 0 Å². The third-order valence-corrected chi connectivity index (χ3v) is 7.35. The van der Waals surface area contributed by atoms with Gasteiger partial charge in [-0.15, -0.1) is 11.3 Å². The molecule has 1 fully saturated rings. The maximum Gasteiger partial charge on any atom is 0.138 e. The summed E-state index contributed by atoms with van der Waals surface area (Å²) in [4.78, 5) is 11.9. The highest BCUT2D eigenvalue weighted by Crippen LogP contribution is 2.47. The molecule has 3 N–H and O–H groups in total. The molecule has 4 rings (SSSR count). The number of ether oxygens (including phenoxy) is 1. The Labute approximate surface area is 159 Å². The first-order chi connectivity index (χ1) is 12.7. The van der Waals surface area contributed by atoms with E-state index in [1.807, 2.05) is 18.4 Å². The molecular weight excluding hydrogens is 344 g/mol. The lowest BCUT2D eigenvalue weighted by Crippen LogP contribution is -2.33. The molecule has 0 radical (unpaired) electrons. The van der Waals surface area contributed by atoms with Crippen molar-refractivity contribution in [1.82, 2.24) is 9.97 Å². The number of aromatic nitrogens is 2. The van der Waals surface area contributed by atoms with Gasteiger partial charge in [0.05, 0.1) is 11.5 Å². The highest BCUT2D eigenvalue weighted by atomic mass is 32.1. The second-order valence-corrected chi connectivity index (χ2v) is 8.92. The number of thiophene rings is 1. The number of nitrogens with two attached hydrogens (primary N) is 1. The molecule has 26 heavy (non-hydrogen) atoms. The monoisotopic (exact) mass is 374 g/mol. The first-order valence-corrected chi connectivity index (χ1v) is 10.8. The predicted molar refractivity (Wildman–Crippen MR) is 108 cm³/mol. The van der Waals surface area contributed by atoms with Gasteiger partial charge in [-0.05, 0) is 62.8 Å². The molecule has 1 saturated carbocycles. The standard InChI is InChI=1S/C20H30N4OS/c1-3-15(25-2)10-12-4-9-16-17(12)18-19(22-11-23-20(18)26-16)24-14-7-5-13(21)6-8-14/h11-15H,3-10,21H2,1-2H3,(H,22,23,24)/t12-,13?,14?,15?/m1/s1. The number of nitrogens with one attached hydrogen (secondary N) is 1. The van der Waals surface area contributed by atoms with E-state index in [0.717, 1.165) is 49.2 Å². The summed E-state index contributed by atoms with van der Waals surface area (Å²) in [5, 5.41) is 5.00. The SMILES string of the molecule is CCC(C[C@H]1CCc2sc3ncnc(NC4CCC(N)CC4)c3c21)OC. The fraction of sp³-hybridized carbons (Fsp3) is 0.700. The molecule has 2 aliphatic rings. The topological polar surface area (TPSA) is 73.1 Å². The zero-order valence-electron chi connectivity index (χ0n) is 15.8. The molecule has 0 amide bonds. The maximum atomic E-state index is 6.07. The van der Waals surface area contributed by atoms with Gasteiger partial charge < -0.3 is 15.8 Å². The van der Waals surface area contributed by atoms with E-state index in [0.29, 0.717) is 24.1 Å². The van der Waals surface area contributed by atoms with Gasteiger partial charge in [0.15, 0.2) is 0 Å². The average molecular weight is 375 g/mol. The van der Waals surface area contributed by atoms with E-state index >= 15 is 0 Å². The Morgan fingerprint density at radius 2 is 2.08 bits per heavy atom. The number of fused-ring (bicyclic) bond motifs is 3. The lowest BCUT2D eigenvalue weighted by atomic mass is 9.91. The van der Waals surface area contributed by atoms with Gasteiger partial charge in [0, 0.05) is 24.1 Å². The van der Waals surface area contributed by atoms with Gasteiger partial charge in [0.2, 0.25) is 0 Å². The molecule has 2 atom stereocenters. The van der Waals surface area contributed by atoms with Gasteiger partial charge in [0.1, 0.15) is 17.0 Å². The molecule has 0 aromatic carbocycles. The maximum absolute atomic E-state index is 6.07. The van der Waals surface area contributed by atoms with Crippen molar-refractivity contribution >= 4 is 27.4 Å². The third-order valence-electron chi connectivity index (χ3n) is 6.18. The molecule has 6 heteroatoms. The highest BCUT2D eigenvalue weighted by molar-refractivity contribution is 7.19. The first kappa shape index (κ1) is 18.1. The Balaban J connectivity index is 1.63. The van der Waals surface area contributed by atoms with Crippen molar-refractivity contribution in [2.45, 2.75) is 82.4 Å². The normalized spacial score (nSPS) is 26.8. The average Bonchev–Trinajstić information content (AvgIpc) is 3.21. The Morgan fingerprint density at radius 3 is 2.81 bits per heavy atom. The van der Waals surface area contributed by atoms with Crippen LogP contribution in [0.15, 0.2) is 6.33 Å². The number of anilines is 1. The molecule has 5 nitrogen and oxygen atoms in total. The number of hydrogen-bond acceptors (Lipinski definition) is 6. The minimum atomic E-state index is 0.335. The smallest absolute Gasteiger partial charge is 0.138 e. The molecule has 0 saturated heterocycles. The molecular formula is C20H30N4OS. The summed E-state index contributed by atoms with van der Waals surface area (Å²) in [6.07, 6.45) is 11.1. The third kappa shape index (κ3) is 3.47. The minimum absolute atomic E-state index is 0.335. The Bertz CT molecular complexity index is 750. The summed E-state index contributed by atoms with van der Waals surface area (Å²) in [5.74, 6) is 1.60. The van der Waals surface area contributed by atoms with E-state index in [1.165, 1.54) is 28.7 Å². The number of nitrogens with zero attached hydrogens (tertiary/aromatic N) is 2. The van der Waals surface area contributed by atoms with Crippen LogP contribution in [0.2, 0.25) is 0 Å².